The molecule has 18 heavy (non-hydrogen) atoms. The molecule has 2 fully saturated rings. The van der Waals surface area contributed by atoms with Crippen LogP contribution in [0.3, 0.4) is 0 Å². The molecule has 1 aliphatic heterocycles. The van der Waals surface area contributed by atoms with Gasteiger partial charge in [-0.25, -0.2) is 0 Å². The quantitative estimate of drug-likeness (QED) is 0.836. The molecule has 2 aliphatic rings. The molecule has 0 atom stereocenters. The molecular formula is C15H21ClN2. The molecule has 2 nitrogen and oxygen atoms in total. The fraction of sp³-hybridized carbons (Fsp3) is 0.600. The van der Waals surface area contributed by atoms with E-state index in [1.54, 1.807) is 0 Å². The largest absolute Gasteiger partial charge is 0.368 e. The molecule has 0 unspecified atom stereocenters. The Bertz CT molecular complexity index is 413. The van der Waals surface area contributed by atoms with Crippen LogP contribution in [0.1, 0.15) is 32.1 Å². The highest BCUT2D eigenvalue weighted by Gasteiger charge is 2.36. The van der Waals surface area contributed by atoms with Crippen molar-refractivity contribution in [2.45, 2.75) is 37.6 Å². The predicted octanol–water partition coefficient (Wildman–Crippen LogP) is 3.45. The van der Waals surface area contributed by atoms with Crippen LogP contribution in [-0.4, -0.2) is 25.2 Å². The fourth-order valence-electron chi connectivity index (χ4n) is 3.42. The summed E-state index contributed by atoms with van der Waals surface area (Å²) in [5.41, 5.74) is 1.55. The first kappa shape index (κ1) is 12.3. The molecule has 3 heteroatoms. The van der Waals surface area contributed by atoms with Gasteiger partial charge in [0.2, 0.25) is 0 Å². The summed E-state index contributed by atoms with van der Waals surface area (Å²) in [6, 6.07) is 8.24. The van der Waals surface area contributed by atoms with Gasteiger partial charge in [-0.2, -0.15) is 0 Å². The second-order valence-corrected chi connectivity index (χ2v) is 6.05. The molecule has 1 heterocycles. The highest BCUT2D eigenvalue weighted by Crippen LogP contribution is 2.35. The normalized spacial score (nSPS) is 23.3. The third-order valence-electron chi connectivity index (χ3n) is 4.35. The van der Waals surface area contributed by atoms with Crippen LogP contribution in [0.4, 0.5) is 5.69 Å². The minimum atomic E-state index is 0.343. The summed E-state index contributed by atoms with van der Waals surface area (Å²) in [4.78, 5) is 2.48. The van der Waals surface area contributed by atoms with Crippen molar-refractivity contribution in [3.8, 4) is 0 Å². The maximum Gasteiger partial charge on any atom is 0.0639 e. The van der Waals surface area contributed by atoms with Gasteiger partial charge < -0.3 is 10.2 Å². The average molecular weight is 265 g/mol. The van der Waals surface area contributed by atoms with E-state index >= 15 is 0 Å². The summed E-state index contributed by atoms with van der Waals surface area (Å²) in [6.07, 6.45) is 6.56. The second-order valence-electron chi connectivity index (χ2n) is 5.64. The molecule has 1 spiro atoms. The predicted molar refractivity (Wildman–Crippen MR) is 77.5 cm³/mol. The van der Waals surface area contributed by atoms with Gasteiger partial charge in [0.25, 0.3) is 0 Å². The molecule has 0 aromatic heterocycles. The van der Waals surface area contributed by atoms with E-state index in [1.807, 2.05) is 12.1 Å². The van der Waals surface area contributed by atoms with Crippen molar-refractivity contribution >= 4 is 17.3 Å². The van der Waals surface area contributed by atoms with Crippen molar-refractivity contribution in [1.29, 1.82) is 0 Å². The number of para-hydroxylation sites is 1. The monoisotopic (exact) mass is 264 g/mol. The number of anilines is 1. The topological polar surface area (TPSA) is 15.3 Å². The van der Waals surface area contributed by atoms with Gasteiger partial charge in [0.05, 0.1) is 10.7 Å². The Morgan fingerprint density at radius 1 is 1.11 bits per heavy atom. The second kappa shape index (κ2) is 5.10. The van der Waals surface area contributed by atoms with Crippen LogP contribution >= 0.6 is 11.6 Å². The van der Waals surface area contributed by atoms with E-state index in [2.05, 4.69) is 22.3 Å². The minimum Gasteiger partial charge on any atom is -0.368 e. The lowest BCUT2D eigenvalue weighted by Crippen LogP contribution is -2.49. The van der Waals surface area contributed by atoms with Crippen LogP contribution in [0, 0.1) is 0 Å². The van der Waals surface area contributed by atoms with Crippen LogP contribution in [-0.2, 0) is 0 Å². The fourth-order valence-corrected chi connectivity index (χ4v) is 3.68. The Labute approximate surface area is 114 Å². The molecule has 0 bridgehead atoms. The molecule has 0 radical (unpaired) electrons. The van der Waals surface area contributed by atoms with E-state index in [0.717, 1.165) is 24.7 Å². The Morgan fingerprint density at radius 3 is 2.67 bits per heavy atom. The van der Waals surface area contributed by atoms with E-state index < -0.39 is 0 Å². The van der Waals surface area contributed by atoms with Crippen LogP contribution < -0.4 is 10.2 Å². The standard InChI is InChI=1S/C15H21ClN2/c16-13-6-1-2-7-14(13)18-11-5-10-17-15(12-18)8-3-4-9-15/h1-2,6-7,17H,3-5,8-12H2. The van der Waals surface area contributed by atoms with E-state index in [-0.39, 0.29) is 0 Å². The molecule has 1 aromatic rings. The Morgan fingerprint density at radius 2 is 1.89 bits per heavy atom. The Hall–Kier alpha value is -0.730. The zero-order chi connectivity index (χ0) is 12.4. The van der Waals surface area contributed by atoms with Gasteiger partial charge in [-0.1, -0.05) is 36.6 Å². The third kappa shape index (κ3) is 2.36. The number of rotatable bonds is 1. The summed E-state index contributed by atoms with van der Waals surface area (Å²) in [7, 11) is 0. The molecular weight excluding hydrogens is 244 g/mol. The molecule has 1 saturated heterocycles. The van der Waals surface area contributed by atoms with Gasteiger partial charge in [0, 0.05) is 18.6 Å². The van der Waals surface area contributed by atoms with Gasteiger partial charge >= 0.3 is 0 Å². The van der Waals surface area contributed by atoms with Crippen molar-refractivity contribution in [3.63, 3.8) is 0 Å². The first-order valence-electron chi connectivity index (χ1n) is 7.04. The molecule has 0 amide bonds. The van der Waals surface area contributed by atoms with Gasteiger partial charge in [-0.05, 0) is 37.9 Å². The van der Waals surface area contributed by atoms with E-state index in [0.29, 0.717) is 5.54 Å². The maximum absolute atomic E-state index is 6.34. The summed E-state index contributed by atoms with van der Waals surface area (Å²) >= 11 is 6.34. The molecule has 1 saturated carbocycles. The van der Waals surface area contributed by atoms with Crippen molar-refractivity contribution in [2.24, 2.45) is 0 Å². The number of halogens is 1. The van der Waals surface area contributed by atoms with Gasteiger partial charge in [0.1, 0.15) is 0 Å². The smallest absolute Gasteiger partial charge is 0.0639 e. The SMILES string of the molecule is Clc1ccccc1N1CCCNC2(CCCC2)C1. The minimum absolute atomic E-state index is 0.343. The highest BCUT2D eigenvalue weighted by molar-refractivity contribution is 6.33. The Balaban J connectivity index is 1.85. The van der Waals surface area contributed by atoms with Gasteiger partial charge in [-0.3, -0.25) is 0 Å². The van der Waals surface area contributed by atoms with Gasteiger partial charge in [-0.15, -0.1) is 0 Å². The zero-order valence-corrected chi connectivity index (χ0v) is 11.5. The summed E-state index contributed by atoms with van der Waals surface area (Å²) < 4.78 is 0. The molecule has 1 aliphatic carbocycles. The summed E-state index contributed by atoms with van der Waals surface area (Å²) in [5, 5.41) is 4.67. The number of hydrogen-bond donors (Lipinski definition) is 1. The molecule has 1 N–H and O–H groups in total. The van der Waals surface area contributed by atoms with E-state index in [1.165, 1.54) is 37.8 Å². The number of nitrogens with zero attached hydrogens (tertiary/aromatic N) is 1. The summed E-state index contributed by atoms with van der Waals surface area (Å²) in [5.74, 6) is 0. The van der Waals surface area contributed by atoms with Crippen LogP contribution in [0.15, 0.2) is 24.3 Å². The van der Waals surface area contributed by atoms with E-state index in [9.17, 15) is 0 Å². The zero-order valence-electron chi connectivity index (χ0n) is 10.8. The number of hydrogen-bond acceptors (Lipinski definition) is 2. The lowest BCUT2D eigenvalue weighted by atomic mass is 9.97. The third-order valence-corrected chi connectivity index (χ3v) is 4.67. The first-order valence-corrected chi connectivity index (χ1v) is 7.41. The molecule has 98 valence electrons. The van der Waals surface area contributed by atoms with E-state index in [4.69, 9.17) is 11.6 Å². The Kier molecular flexibility index (Phi) is 3.49. The van der Waals surface area contributed by atoms with Crippen molar-refractivity contribution in [2.75, 3.05) is 24.5 Å². The van der Waals surface area contributed by atoms with Crippen molar-refractivity contribution in [1.82, 2.24) is 5.32 Å². The average Bonchev–Trinajstić information content (AvgIpc) is 2.72. The number of nitrogens with one attached hydrogen (secondary N) is 1. The number of benzene rings is 1. The highest BCUT2D eigenvalue weighted by atomic mass is 35.5. The van der Waals surface area contributed by atoms with Gasteiger partial charge in [0.15, 0.2) is 0 Å². The van der Waals surface area contributed by atoms with Crippen LogP contribution in [0.2, 0.25) is 5.02 Å². The lowest BCUT2D eigenvalue weighted by Gasteiger charge is -2.34. The summed E-state index contributed by atoms with van der Waals surface area (Å²) in [6.45, 7) is 3.36. The maximum atomic E-state index is 6.34. The molecule has 1 aromatic carbocycles. The lowest BCUT2D eigenvalue weighted by molar-refractivity contribution is 0.354. The first-order chi connectivity index (χ1) is 8.79. The van der Waals surface area contributed by atoms with Crippen LogP contribution in [0.25, 0.3) is 0 Å². The van der Waals surface area contributed by atoms with Crippen molar-refractivity contribution in [3.05, 3.63) is 29.3 Å². The van der Waals surface area contributed by atoms with Crippen molar-refractivity contribution < 1.29 is 0 Å². The molecule has 3 rings (SSSR count). The van der Waals surface area contributed by atoms with Crippen LogP contribution in [0.5, 0.6) is 0 Å².